The molecule has 0 amide bonds. The molecule has 20 heavy (non-hydrogen) atoms. The second-order valence-corrected chi connectivity index (χ2v) is 5.41. The molecule has 0 aromatic carbocycles. The van der Waals surface area contributed by atoms with Crippen LogP contribution in [0.1, 0.15) is 30.9 Å². The van der Waals surface area contributed by atoms with Gasteiger partial charge in [-0.1, -0.05) is 5.21 Å². The number of rotatable bonds is 5. The Morgan fingerprint density at radius 1 is 1.35 bits per heavy atom. The first kappa shape index (κ1) is 14.1. The summed E-state index contributed by atoms with van der Waals surface area (Å²) in [6, 6.07) is 0. The van der Waals surface area contributed by atoms with E-state index in [1.54, 1.807) is 37.1 Å². The lowest BCUT2D eigenvalue weighted by molar-refractivity contribution is -0.146. The maximum atomic E-state index is 11.1. The highest BCUT2D eigenvalue weighted by Gasteiger charge is 2.28. The third-order valence-electron chi connectivity index (χ3n) is 2.97. The number of aryl methyl sites for hydroxylation is 1. The van der Waals surface area contributed by atoms with Crippen LogP contribution in [-0.4, -0.2) is 36.0 Å². The van der Waals surface area contributed by atoms with Crippen molar-refractivity contribution in [3.8, 4) is 0 Å². The highest BCUT2D eigenvalue weighted by molar-refractivity contribution is 5.73. The van der Waals surface area contributed by atoms with Gasteiger partial charge in [-0.3, -0.25) is 4.79 Å². The molecule has 0 saturated carbocycles. The molecule has 0 fully saturated rings. The Labute approximate surface area is 116 Å². The number of carboxylic acids is 1. The van der Waals surface area contributed by atoms with Gasteiger partial charge in [0, 0.05) is 30.6 Å². The topological polar surface area (TPSA) is 93.8 Å². The van der Waals surface area contributed by atoms with Crippen LogP contribution in [0.5, 0.6) is 0 Å². The summed E-state index contributed by atoms with van der Waals surface area (Å²) in [4.78, 5) is 19.3. The van der Waals surface area contributed by atoms with E-state index in [1.807, 2.05) is 6.92 Å². The molecule has 0 aliphatic rings. The molecule has 0 aliphatic heterocycles. The van der Waals surface area contributed by atoms with Crippen LogP contribution in [-0.2, 0) is 17.8 Å². The molecule has 0 spiro atoms. The summed E-state index contributed by atoms with van der Waals surface area (Å²) in [5.74, 6) is -0.129. The Morgan fingerprint density at radius 2 is 2.00 bits per heavy atom. The summed E-state index contributed by atoms with van der Waals surface area (Å²) in [7, 11) is 0. The zero-order chi connectivity index (χ0) is 14.8. The number of nitrogens with zero attached hydrogens (tertiary/aromatic N) is 5. The average Bonchev–Trinajstić information content (AvgIpc) is 2.78. The van der Waals surface area contributed by atoms with E-state index < -0.39 is 11.4 Å². The second kappa shape index (κ2) is 5.36. The van der Waals surface area contributed by atoms with Crippen LogP contribution in [0.3, 0.4) is 0 Å². The van der Waals surface area contributed by atoms with E-state index in [2.05, 4.69) is 20.3 Å². The lowest BCUT2D eigenvalue weighted by Crippen LogP contribution is -2.26. The van der Waals surface area contributed by atoms with Gasteiger partial charge >= 0.3 is 5.97 Å². The third kappa shape index (κ3) is 3.37. The summed E-state index contributed by atoms with van der Waals surface area (Å²) in [5.41, 5.74) is 0.725. The lowest BCUT2D eigenvalue weighted by Gasteiger charge is -2.16. The SMILES string of the molecule is Cc1ncc(Cn2cc(CC(C)(C)C(=O)O)nn2)cn1. The molecule has 0 unspecified atom stereocenters. The number of aromatic nitrogens is 5. The molecule has 0 saturated heterocycles. The van der Waals surface area contributed by atoms with Crippen LogP contribution in [0.25, 0.3) is 0 Å². The van der Waals surface area contributed by atoms with Crippen LogP contribution in [0.15, 0.2) is 18.6 Å². The molecule has 1 N–H and O–H groups in total. The fraction of sp³-hybridized carbons (Fsp3) is 0.462. The summed E-state index contributed by atoms with van der Waals surface area (Å²) >= 11 is 0. The first-order valence-electron chi connectivity index (χ1n) is 6.27. The fourth-order valence-corrected chi connectivity index (χ4v) is 1.71. The lowest BCUT2D eigenvalue weighted by atomic mass is 9.88. The van der Waals surface area contributed by atoms with Gasteiger partial charge in [-0.25, -0.2) is 14.6 Å². The normalized spacial score (nSPS) is 11.6. The molecule has 0 atom stereocenters. The van der Waals surface area contributed by atoms with E-state index in [0.29, 0.717) is 18.7 Å². The van der Waals surface area contributed by atoms with Crippen molar-refractivity contribution in [3.05, 3.63) is 35.7 Å². The molecule has 7 heteroatoms. The predicted octanol–water partition coefficient (Wildman–Crippen LogP) is 1.08. The molecule has 0 bridgehead atoms. The molecule has 2 rings (SSSR count). The van der Waals surface area contributed by atoms with Crippen molar-refractivity contribution >= 4 is 5.97 Å². The van der Waals surface area contributed by atoms with E-state index in [-0.39, 0.29) is 0 Å². The number of hydrogen-bond donors (Lipinski definition) is 1. The van der Waals surface area contributed by atoms with Gasteiger partial charge in [0.25, 0.3) is 0 Å². The van der Waals surface area contributed by atoms with E-state index in [9.17, 15) is 4.79 Å². The zero-order valence-electron chi connectivity index (χ0n) is 11.7. The van der Waals surface area contributed by atoms with Crippen LogP contribution >= 0.6 is 0 Å². The summed E-state index contributed by atoms with van der Waals surface area (Å²) in [5, 5.41) is 17.1. The largest absolute Gasteiger partial charge is 0.481 e. The minimum absolute atomic E-state index is 0.340. The highest BCUT2D eigenvalue weighted by Crippen LogP contribution is 2.20. The number of carbonyl (C=O) groups is 1. The van der Waals surface area contributed by atoms with Gasteiger partial charge in [0.2, 0.25) is 0 Å². The summed E-state index contributed by atoms with van der Waals surface area (Å²) < 4.78 is 1.65. The molecular weight excluding hydrogens is 258 g/mol. The van der Waals surface area contributed by atoms with Crippen molar-refractivity contribution < 1.29 is 9.90 Å². The maximum absolute atomic E-state index is 11.1. The van der Waals surface area contributed by atoms with Crippen LogP contribution in [0.4, 0.5) is 0 Å². The minimum Gasteiger partial charge on any atom is -0.481 e. The fourth-order valence-electron chi connectivity index (χ4n) is 1.71. The van der Waals surface area contributed by atoms with E-state index in [1.165, 1.54) is 0 Å². The van der Waals surface area contributed by atoms with Crippen molar-refractivity contribution in [1.29, 1.82) is 0 Å². The smallest absolute Gasteiger partial charge is 0.309 e. The molecule has 7 nitrogen and oxygen atoms in total. The standard InChI is InChI=1S/C13H17N5O2/c1-9-14-5-10(6-15-9)7-18-8-11(16-17-18)4-13(2,3)12(19)20/h5-6,8H,4,7H2,1-3H3,(H,19,20). The molecule has 0 radical (unpaired) electrons. The molecule has 2 aromatic rings. The van der Waals surface area contributed by atoms with Gasteiger partial charge in [-0.2, -0.15) is 0 Å². The van der Waals surface area contributed by atoms with E-state index in [0.717, 1.165) is 11.4 Å². The average molecular weight is 275 g/mol. The Morgan fingerprint density at radius 3 is 2.60 bits per heavy atom. The first-order valence-corrected chi connectivity index (χ1v) is 6.27. The van der Waals surface area contributed by atoms with Crippen molar-refractivity contribution in [2.45, 2.75) is 33.7 Å². The molecular formula is C13H17N5O2. The predicted molar refractivity (Wildman–Crippen MR) is 71.0 cm³/mol. The van der Waals surface area contributed by atoms with Crippen LogP contribution in [0, 0.1) is 12.3 Å². The quantitative estimate of drug-likeness (QED) is 0.877. The number of hydrogen-bond acceptors (Lipinski definition) is 5. The molecule has 2 heterocycles. The summed E-state index contributed by atoms with van der Waals surface area (Å²) in [6.45, 7) is 5.68. The van der Waals surface area contributed by atoms with Crippen molar-refractivity contribution in [3.63, 3.8) is 0 Å². The van der Waals surface area contributed by atoms with Gasteiger partial charge in [0.1, 0.15) is 5.82 Å². The maximum Gasteiger partial charge on any atom is 0.309 e. The van der Waals surface area contributed by atoms with Crippen molar-refractivity contribution in [2.75, 3.05) is 0 Å². The highest BCUT2D eigenvalue weighted by atomic mass is 16.4. The van der Waals surface area contributed by atoms with Crippen molar-refractivity contribution in [2.24, 2.45) is 5.41 Å². The minimum atomic E-state index is -0.853. The summed E-state index contributed by atoms with van der Waals surface area (Å²) in [6.07, 6.45) is 5.58. The molecule has 106 valence electrons. The van der Waals surface area contributed by atoms with E-state index in [4.69, 9.17) is 5.11 Å². The van der Waals surface area contributed by atoms with Crippen LogP contribution < -0.4 is 0 Å². The number of carboxylic acid groups (broad SMARTS) is 1. The third-order valence-corrected chi connectivity index (χ3v) is 2.97. The number of aliphatic carboxylic acids is 1. The molecule has 0 aliphatic carbocycles. The van der Waals surface area contributed by atoms with Gasteiger partial charge in [0.15, 0.2) is 0 Å². The Hall–Kier alpha value is -2.31. The Kier molecular flexibility index (Phi) is 3.78. The van der Waals surface area contributed by atoms with Crippen LogP contribution in [0.2, 0.25) is 0 Å². The molecule has 2 aromatic heterocycles. The first-order chi connectivity index (χ1) is 9.37. The van der Waals surface area contributed by atoms with Gasteiger partial charge in [0.05, 0.1) is 17.7 Å². The van der Waals surface area contributed by atoms with Gasteiger partial charge in [-0.15, -0.1) is 5.10 Å². The Bertz CT molecular complexity index is 603. The second-order valence-electron chi connectivity index (χ2n) is 5.41. The Balaban J connectivity index is 2.06. The monoisotopic (exact) mass is 275 g/mol. The van der Waals surface area contributed by atoms with Crippen molar-refractivity contribution in [1.82, 2.24) is 25.0 Å². The van der Waals surface area contributed by atoms with Gasteiger partial charge < -0.3 is 5.11 Å². The van der Waals surface area contributed by atoms with Gasteiger partial charge in [-0.05, 0) is 20.8 Å². The zero-order valence-corrected chi connectivity index (χ0v) is 11.7. The van der Waals surface area contributed by atoms with E-state index >= 15 is 0 Å².